The molecule has 0 atom stereocenters. The average Bonchev–Trinajstić information content (AvgIpc) is 3.20. The highest BCUT2D eigenvalue weighted by atomic mass is 79.9. The fourth-order valence-electron chi connectivity index (χ4n) is 3.17. The molecule has 11 heteroatoms. The molecule has 3 aromatic heterocycles. The van der Waals surface area contributed by atoms with Gasteiger partial charge in [-0.2, -0.15) is 0 Å². The zero-order chi connectivity index (χ0) is 21.6. The number of benzene rings is 2. The summed E-state index contributed by atoms with van der Waals surface area (Å²) in [5.41, 5.74) is 13.2. The van der Waals surface area contributed by atoms with Crippen LogP contribution in [-0.2, 0) is 0 Å². The Hall–Kier alpha value is -3.31. The Kier molecular flexibility index (Phi) is 5.00. The number of aromatic nitrogens is 4. The van der Waals surface area contributed by atoms with Gasteiger partial charge in [0.1, 0.15) is 11.2 Å². The summed E-state index contributed by atoms with van der Waals surface area (Å²) >= 11 is 6.67. The lowest BCUT2D eigenvalue weighted by Gasteiger charge is -1.92. The maximum absolute atomic E-state index is 11.5. The van der Waals surface area contributed by atoms with E-state index >= 15 is 0 Å². The van der Waals surface area contributed by atoms with E-state index in [9.17, 15) is 14.4 Å². The SMILES string of the molecule is NC(=O)c1[nH]c2cc(Br)ccc2c1N.O=c1[nH]c(=O)c2[nH]c3cc(Br)ccc3c2[nH]1. The van der Waals surface area contributed by atoms with Gasteiger partial charge in [0, 0.05) is 30.8 Å². The van der Waals surface area contributed by atoms with Crippen molar-refractivity contribution in [2.75, 3.05) is 5.73 Å². The summed E-state index contributed by atoms with van der Waals surface area (Å²) in [6.45, 7) is 0. The first-order chi connectivity index (χ1) is 14.2. The Balaban J connectivity index is 0.000000147. The minimum absolute atomic E-state index is 0.262. The summed E-state index contributed by atoms with van der Waals surface area (Å²) in [5.74, 6) is -0.546. The molecule has 0 spiro atoms. The second kappa shape index (κ2) is 7.50. The van der Waals surface area contributed by atoms with Crippen molar-refractivity contribution in [2.45, 2.75) is 0 Å². The van der Waals surface area contributed by atoms with Crippen LogP contribution in [0.1, 0.15) is 10.5 Å². The van der Waals surface area contributed by atoms with Crippen molar-refractivity contribution in [3.63, 3.8) is 0 Å². The summed E-state index contributed by atoms with van der Waals surface area (Å²) < 4.78 is 1.83. The highest BCUT2D eigenvalue weighted by Crippen LogP contribution is 2.27. The van der Waals surface area contributed by atoms with Gasteiger partial charge in [-0.1, -0.05) is 31.9 Å². The second-order valence-corrected chi connectivity index (χ2v) is 8.27. The molecule has 0 saturated carbocycles. The van der Waals surface area contributed by atoms with E-state index in [2.05, 4.69) is 51.8 Å². The normalized spacial score (nSPS) is 11.0. The fraction of sp³-hybridized carbons (Fsp3) is 0. The highest BCUT2D eigenvalue weighted by Gasteiger charge is 2.12. The first-order valence-corrected chi connectivity index (χ1v) is 10.1. The Labute approximate surface area is 184 Å². The standard InChI is InChI=1S/C10H6BrN3O2.C9H8BrN3O/c11-4-1-2-5-6(3-4)12-8-7(5)13-10(16)14-9(8)15;10-4-1-2-5-6(3-4)13-8(7(5)11)9(12)14/h1-3,12H,(H2,13,14,15,16);1-3,13H,11H2,(H2,12,14). The van der Waals surface area contributed by atoms with Crippen LogP contribution >= 0.6 is 31.9 Å². The monoisotopic (exact) mass is 532 g/mol. The minimum atomic E-state index is -0.546. The van der Waals surface area contributed by atoms with Crippen molar-refractivity contribution in [3.05, 3.63) is 71.9 Å². The van der Waals surface area contributed by atoms with Crippen molar-refractivity contribution in [3.8, 4) is 0 Å². The molecule has 2 aromatic carbocycles. The molecule has 5 aromatic rings. The highest BCUT2D eigenvalue weighted by molar-refractivity contribution is 9.10. The number of rotatable bonds is 1. The Morgan fingerprint density at radius 3 is 2.03 bits per heavy atom. The van der Waals surface area contributed by atoms with Crippen LogP contribution < -0.4 is 22.7 Å². The molecule has 1 amide bonds. The molecule has 9 nitrogen and oxygen atoms in total. The molecule has 8 N–H and O–H groups in total. The third-order valence-corrected chi connectivity index (χ3v) is 5.49. The van der Waals surface area contributed by atoms with Crippen LogP contribution in [0.4, 0.5) is 5.69 Å². The number of aromatic amines is 4. The molecule has 0 bridgehead atoms. The van der Waals surface area contributed by atoms with Crippen LogP contribution in [0.5, 0.6) is 0 Å². The first-order valence-electron chi connectivity index (χ1n) is 8.54. The fourth-order valence-corrected chi connectivity index (χ4v) is 3.89. The second-order valence-electron chi connectivity index (χ2n) is 6.44. The number of nitrogens with two attached hydrogens (primary N) is 2. The molecular formula is C19H14Br2N6O3. The number of hydrogen-bond acceptors (Lipinski definition) is 4. The van der Waals surface area contributed by atoms with E-state index in [1.807, 2.05) is 36.4 Å². The predicted molar refractivity (Wildman–Crippen MR) is 124 cm³/mol. The van der Waals surface area contributed by atoms with Crippen LogP contribution in [0.2, 0.25) is 0 Å². The number of carbonyl (C=O) groups excluding carboxylic acids is 1. The zero-order valence-electron chi connectivity index (χ0n) is 15.1. The van der Waals surface area contributed by atoms with Gasteiger partial charge < -0.3 is 26.4 Å². The Morgan fingerprint density at radius 2 is 1.40 bits per heavy atom. The number of nitrogen functional groups attached to an aromatic ring is 1. The largest absolute Gasteiger partial charge is 0.396 e. The number of halogens is 2. The number of nitrogens with one attached hydrogen (secondary N) is 4. The van der Waals surface area contributed by atoms with Gasteiger partial charge >= 0.3 is 5.69 Å². The zero-order valence-corrected chi connectivity index (χ0v) is 18.3. The van der Waals surface area contributed by atoms with Gasteiger partial charge in [-0.3, -0.25) is 14.6 Å². The number of carbonyl (C=O) groups is 1. The van der Waals surface area contributed by atoms with E-state index in [-0.39, 0.29) is 5.69 Å². The maximum Gasteiger partial charge on any atom is 0.326 e. The molecule has 3 heterocycles. The lowest BCUT2D eigenvalue weighted by molar-refractivity contribution is 0.0997. The first kappa shape index (κ1) is 20.0. The topological polar surface area (TPSA) is 166 Å². The van der Waals surface area contributed by atoms with Gasteiger partial charge in [0.05, 0.1) is 11.2 Å². The van der Waals surface area contributed by atoms with Gasteiger partial charge in [-0.15, -0.1) is 0 Å². The van der Waals surface area contributed by atoms with E-state index in [1.165, 1.54) is 0 Å². The summed E-state index contributed by atoms with van der Waals surface area (Å²) in [6.07, 6.45) is 0. The molecule has 152 valence electrons. The van der Waals surface area contributed by atoms with E-state index in [0.717, 1.165) is 30.8 Å². The predicted octanol–water partition coefficient (Wildman–Crippen LogP) is 3.07. The van der Waals surface area contributed by atoms with Crippen molar-refractivity contribution in [1.29, 1.82) is 0 Å². The lowest BCUT2D eigenvalue weighted by atomic mass is 10.2. The van der Waals surface area contributed by atoms with Gasteiger partial charge in [0.15, 0.2) is 0 Å². The molecule has 0 fully saturated rings. The minimum Gasteiger partial charge on any atom is -0.396 e. The van der Waals surface area contributed by atoms with Crippen molar-refractivity contribution in [1.82, 2.24) is 19.9 Å². The van der Waals surface area contributed by atoms with E-state index in [4.69, 9.17) is 11.5 Å². The number of H-pyrrole nitrogens is 4. The third kappa shape index (κ3) is 3.53. The van der Waals surface area contributed by atoms with E-state index in [1.54, 1.807) is 0 Å². The number of anilines is 1. The van der Waals surface area contributed by atoms with Gasteiger partial charge in [-0.05, 0) is 36.4 Å². The van der Waals surface area contributed by atoms with Crippen LogP contribution in [0, 0.1) is 0 Å². The summed E-state index contributed by atoms with van der Waals surface area (Å²) in [4.78, 5) is 44.3. The van der Waals surface area contributed by atoms with E-state index in [0.29, 0.717) is 16.7 Å². The van der Waals surface area contributed by atoms with E-state index < -0.39 is 17.2 Å². The van der Waals surface area contributed by atoms with Gasteiger partial charge in [0.25, 0.3) is 11.5 Å². The van der Waals surface area contributed by atoms with Gasteiger partial charge in [-0.25, -0.2) is 4.79 Å². The summed E-state index contributed by atoms with van der Waals surface area (Å²) in [7, 11) is 0. The van der Waals surface area contributed by atoms with Crippen molar-refractivity contribution in [2.24, 2.45) is 5.73 Å². The maximum atomic E-state index is 11.5. The number of primary amides is 1. The number of amides is 1. The van der Waals surface area contributed by atoms with Gasteiger partial charge in [0.2, 0.25) is 0 Å². The molecule has 0 aliphatic carbocycles. The molecule has 0 aliphatic heterocycles. The van der Waals surface area contributed by atoms with Crippen molar-refractivity contribution < 1.29 is 4.79 Å². The quantitative estimate of drug-likeness (QED) is 0.195. The average molecular weight is 534 g/mol. The molecule has 30 heavy (non-hydrogen) atoms. The molecule has 0 radical (unpaired) electrons. The lowest BCUT2D eigenvalue weighted by Crippen LogP contribution is -2.21. The number of hydrogen-bond donors (Lipinski definition) is 6. The van der Waals surface area contributed by atoms with Crippen LogP contribution in [0.25, 0.3) is 32.8 Å². The number of fused-ring (bicyclic) bond motifs is 4. The van der Waals surface area contributed by atoms with Crippen molar-refractivity contribution >= 4 is 76.3 Å². The molecular weight excluding hydrogens is 520 g/mol. The smallest absolute Gasteiger partial charge is 0.326 e. The van der Waals surface area contributed by atoms with Crippen LogP contribution in [0.15, 0.2) is 54.9 Å². The molecule has 0 aliphatic rings. The molecule has 5 rings (SSSR count). The molecule has 0 saturated heterocycles. The molecule has 0 unspecified atom stereocenters. The third-order valence-electron chi connectivity index (χ3n) is 4.50. The Bertz CT molecular complexity index is 1560. The van der Waals surface area contributed by atoms with Crippen LogP contribution in [-0.4, -0.2) is 25.8 Å². The summed E-state index contributed by atoms with van der Waals surface area (Å²) in [5, 5.41) is 1.63. The van der Waals surface area contributed by atoms with Crippen LogP contribution in [0.3, 0.4) is 0 Å². The summed E-state index contributed by atoms with van der Waals surface area (Å²) in [6, 6.07) is 11.1. The Morgan fingerprint density at radius 1 is 0.800 bits per heavy atom.